The van der Waals surface area contributed by atoms with E-state index < -0.39 is 11.7 Å². The molecule has 0 bridgehead atoms. The molecule has 114 valence electrons. The highest BCUT2D eigenvalue weighted by Crippen LogP contribution is 2.33. The number of halogens is 3. The number of rotatable bonds is 5. The maximum atomic E-state index is 13.0. The number of nitrogens with one attached hydrogen (secondary N) is 1. The first-order valence-electron chi connectivity index (χ1n) is 6.80. The molecule has 0 saturated heterocycles. The van der Waals surface area contributed by atoms with Gasteiger partial charge in [0.15, 0.2) is 0 Å². The highest BCUT2D eigenvalue weighted by atomic mass is 19.4. The summed E-state index contributed by atoms with van der Waals surface area (Å²) in [6, 6.07) is 2.07. The summed E-state index contributed by atoms with van der Waals surface area (Å²) in [6.07, 6.45) is -0.253. The summed E-state index contributed by atoms with van der Waals surface area (Å²) in [5.74, 6) is 0.213. The number of alkyl halides is 3. The van der Waals surface area contributed by atoms with Crippen LogP contribution in [0.3, 0.4) is 0 Å². The van der Waals surface area contributed by atoms with Gasteiger partial charge in [0.1, 0.15) is 5.82 Å². The molecule has 2 aromatic rings. The molecule has 2 heterocycles. The van der Waals surface area contributed by atoms with E-state index in [1.807, 2.05) is 6.92 Å². The number of hydrogen-bond donors (Lipinski definition) is 1. The van der Waals surface area contributed by atoms with Gasteiger partial charge in [0, 0.05) is 24.8 Å². The average Bonchev–Trinajstić information content (AvgIpc) is 2.87. The summed E-state index contributed by atoms with van der Waals surface area (Å²) >= 11 is 0. The van der Waals surface area contributed by atoms with E-state index in [4.69, 9.17) is 0 Å². The van der Waals surface area contributed by atoms with Crippen molar-refractivity contribution in [1.29, 1.82) is 0 Å². The van der Waals surface area contributed by atoms with Gasteiger partial charge in [-0.3, -0.25) is 4.68 Å². The van der Waals surface area contributed by atoms with Crippen LogP contribution < -0.4 is 5.32 Å². The first-order chi connectivity index (χ1) is 9.94. The third-order valence-electron chi connectivity index (χ3n) is 2.89. The topological polar surface area (TPSA) is 42.7 Å². The predicted molar refractivity (Wildman–Crippen MR) is 74.9 cm³/mol. The van der Waals surface area contributed by atoms with Crippen LogP contribution in [0, 0.1) is 0 Å². The van der Waals surface area contributed by atoms with Crippen LogP contribution in [0.1, 0.15) is 25.8 Å². The Morgan fingerprint density at radius 2 is 2.00 bits per heavy atom. The van der Waals surface area contributed by atoms with Crippen molar-refractivity contribution in [1.82, 2.24) is 14.8 Å². The Hall–Kier alpha value is -2.05. The van der Waals surface area contributed by atoms with Gasteiger partial charge in [-0.15, -0.1) is 0 Å². The van der Waals surface area contributed by atoms with Gasteiger partial charge >= 0.3 is 6.18 Å². The number of hydrogen-bond acceptors (Lipinski definition) is 3. The minimum absolute atomic E-state index is 0.213. The first-order valence-corrected chi connectivity index (χ1v) is 6.80. The second-order valence-corrected chi connectivity index (χ2v) is 4.65. The Morgan fingerprint density at radius 3 is 2.62 bits per heavy atom. The van der Waals surface area contributed by atoms with Crippen LogP contribution in [0.25, 0.3) is 11.3 Å². The van der Waals surface area contributed by atoms with Gasteiger partial charge < -0.3 is 5.32 Å². The first kappa shape index (κ1) is 15.3. The van der Waals surface area contributed by atoms with Gasteiger partial charge in [0.2, 0.25) is 0 Å². The highest BCUT2D eigenvalue weighted by molar-refractivity contribution is 5.61. The number of aromatic nitrogens is 3. The van der Waals surface area contributed by atoms with Crippen molar-refractivity contribution in [2.75, 3.05) is 11.9 Å². The van der Waals surface area contributed by atoms with Crippen molar-refractivity contribution in [3.8, 4) is 11.3 Å². The Morgan fingerprint density at radius 1 is 1.24 bits per heavy atom. The van der Waals surface area contributed by atoms with Gasteiger partial charge in [-0.1, -0.05) is 6.92 Å². The molecule has 7 heteroatoms. The molecule has 0 fully saturated rings. The molecular formula is C14H17F3N4. The van der Waals surface area contributed by atoms with Crippen molar-refractivity contribution in [3.05, 3.63) is 30.1 Å². The lowest BCUT2D eigenvalue weighted by molar-refractivity contribution is -0.137. The van der Waals surface area contributed by atoms with Crippen LogP contribution in [0.5, 0.6) is 0 Å². The zero-order chi connectivity index (χ0) is 15.5. The van der Waals surface area contributed by atoms with Gasteiger partial charge in [-0.05, 0) is 25.5 Å². The zero-order valence-electron chi connectivity index (χ0n) is 11.9. The normalized spacial score (nSPS) is 11.7. The highest BCUT2D eigenvalue weighted by Gasteiger charge is 2.31. The molecule has 0 spiro atoms. The molecule has 4 nitrogen and oxygen atoms in total. The molecule has 0 radical (unpaired) electrons. The van der Waals surface area contributed by atoms with Gasteiger partial charge in [0.05, 0.1) is 17.5 Å². The summed E-state index contributed by atoms with van der Waals surface area (Å²) in [5, 5.41) is 6.95. The van der Waals surface area contributed by atoms with Crippen LogP contribution in [-0.4, -0.2) is 21.3 Å². The second-order valence-electron chi connectivity index (χ2n) is 4.65. The van der Waals surface area contributed by atoms with Crippen molar-refractivity contribution in [3.63, 3.8) is 0 Å². The lowest BCUT2D eigenvalue weighted by Gasteiger charge is -2.11. The number of nitrogens with zero attached hydrogens (tertiary/aromatic N) is 3. The van der Waals surface area contributed by atoms with Crippen LogP contribution in [0.4, 0.5) is 19.0 Å². The van der Waals surface area contributed by atoms with E-state index in [1.54, 1.807) is 17.8 Å². The number of aryl methyl sites for hydroxylation is 1. The molecule has 2 aromatic heterocycles. The van der Waals surface area contributed by atoms with Crippen molar-refractivity contribution in [2.24, 2.45) is 0 Å². The predicted octanol–water partition coefficient (Wildman–Crippen LogP) is 3.81. The van der Waals surface area contributed by atoms with Gasteiger partial charge in [0.25, 0.3) is 0 Å². The van der Waals surface area contributed by atoms with E-state index in [9.17, 15) is 13.2 Å². The van der Waals surface area contributed by atoms with E-state index in [-0.39, 0.29) is 11.5 Å². The minimum Gasteiger partial charge on any atom is -0.370 e. The Labute approximate surface area is 121 Å². The van der Waals surface area contributed by atoms with Crippen LogP contribution in [0.2, 0.25) is 0 Å². The molecule has 0 saturated carbocycles. The number of anilines is 1. The van der Waals surface area contributed by atoms with Gasteiger partial charge in [-0.25, -0.2) is 4.98 Å². The standard InChI is InChI=1S/C14H17F3N4/c1-3-5-21-9-10(8-19-21)12-6-11(14(15,16)17)7-13(20-12)18-4-2/h6-9H,3-5H2,1-2H3,(H,18,20). The Bertz CT molecular complexity index is 605. The summed E-state index contributed by atoms with van der Waals surface area (Å²) in [6.45, 7) is 5.04. The summed E-state index contributed by atoms with van der Waals surface area (Å²) in [4.78, 5) is 4.22. The Balaban J connectivity index is 2.43. The van der Waals surface area contributed by atoms with E-state index >= 15 is 0 Å². The third-order valence-corrected chi connectivity index (χ3v) is 2.89. The summed E-state index contributed by atoms with van der Waals surface area (Å²) in [5.41, 5.74) is 0.128. The SMILES string of the molecule is CCCn1cc(-c2cc(C(F)(F)F)cc(NCC)n2)cn1. The van der Waals surface area contributed by atoms with Crippen LogP contribution in [-0.2, 0) is 12.7 Å². The van der Waals surface area contributed by atoms with Gasteiger partial charge in [-0.2, -0.15) is 18.3 Å². The largest absolute Gasteiger partial charge is 0.416 e. The average molecular weight is 298 g/mol. The van der Waals surface area contributed by atoms with Crippen LogP contribution >= 0.6 is 0 Å². The van der Waals surface area contributed by atoms with Crippen LogP contribution in [0.15, 0.2) is 24.5 Å². The van der Waals surface area contributed by atoms with Crippen molar-refractivity contribution in [2.45, 2.75) is 33.0 Å². The number of pyridine rings is 1. The minimum atomic E-state index is -4.40. The quantitative estimate of drug-likeness (QED) is 0.913. The lowest BCUT2D eigenvalue weighted by atomic mass is 10.1. The fourth-order valence-electron chi connectivity index (χ4n) is 1.96. The lowest BCUT2D eigenvalue weighted by Crippen LogP contribution is -2.08. The van der Waals surface area contributed by atoms with Crippen molar-refractivity contribution >= 4 is 5.82 Å². The molecule has 0 amide bonds. The summed E-state index contributed by atoms with van der Waals surface area (Å²) < 4.78 is 40.6. The zero-order valence-corrected chi connectivity index (χ0v) is 11.9. The second kappa shape index (κ2) is 6.15. The molecule has 0 aromatic carbocycles. The molecule has 0 atom stereocenters. The maximum Gasteiger partial charge on any atom is 0.416 e. The third kappa shape index (κ3) is 3.74. The Kier molecular flexibility index (Phi) is 4.50. The van der Waals surface area contributed by atoms with E-state index in [2.05, 4.69) is 15.4 Å². The molecule has 0 aliphatic carbocycles. The molecule has 0 unspecified atom stereocenters. The molecule has 1 N–H and O–H groups in total. The summed E-state index contributed by atoms with van der Waals surface area (Å²) in [7, 11) is 0. The van der Waals surface area contributed by atoms with E-state index in [1.165, 1.54) is 6.20 Å². The van der Waals surface area contributed by atoms with E-state index in [0.29, 0.717) is 12.1 Å². The monoisotopic (exact) mass is 298 g/mol. The molecular weight excluding hydrogens is 281 g/mol. The maximum absolute atomic E-state index is 13.0. The molecule has 2 rings (SSSR count). The fourth-order valence-corrected chi connectivity index (χ4v) is 1.96. The smallest absolute Gasteiger partial charge is 0.370 e. The molecule has 21 heavy (non-hydrogen) atoms. The molecule has 0 aliphatic heterocycles. The fraction of sp³-hybridized carbons (Fsp3) is 0.429. The van der Waals surface area contributed by atoms with Crippen molar-refractivity contribution < 1.29 is 13.2 Å². The van der Waals surface area contributed by atoms with E-state index in [0.717, 1.165) is 25.1 Å². The molecule has 0 aliphatic rings.